The first kappa shape index (κ1) is 13.8. The lowest BCUT2D eigenvalue weighted by Crippen LogP contribution is -2.33. The van der Waals surface area contributed by atoms with Gasteiger partial charge in [-0.05, 0) is 12.8 Å². The van der Waals surface area contributed by atoms with E-state index in [2.05, 4.69) is 34.8 Å². The molecule has 0 spiro atoms. The van der Waals surface area contributed by atoms with E-state index in [4.69, 9.17) is 0 Å². The fourth-order valence-electron chi connectivity index (χ4n) is 2.94. The summed E-state index contributed by atoms with van der Waals surface area (Å²) < 4.78 is 0. The number of rotatable bonds is 3. The quantitative estimate of drug-likeness (QED) is 0.797. The summed E-state index contributed by atoms with van der Waals surface area (Å²) in [7, 11) is 0. The van der Waals surface area contributed by atoms with Crippen LogP contribution in [0.15, 0.2) is 43.4 Å². The Kier molecular flexibility index (Phi) is 3.67. The number of aromatic amines is 1. The van der Waals surface area contributed by atoms with Gasteiger partial charge >= 0.3 is 0 Å². The van der Waals surface area contributed by atoms with Gasteiger partial charge < -0.3 is 9.88 Å². The van der Waals surface area contributed by atoms with Crippen LogP contribution in [0.3, 0.4) is 0 Å². The van der Waals surface area contributed by atoms with Gasteiger partial charge in [0.05, 0.1) is 18.1 Å². The maximum atomic E-state index is 4.59. The summed E-state index contributed by atoms with van der Waals surface area (Å²) in [6.07, 6.45) is 14.5. The zero-order valence-electron chi connectivity index (χ0n) is 12.6. The predicted molar refractivity (Wildman–Crippen MR) is 85.8 cm³/mol. The first-order valence-electron chi connectivity index (χ1n) is 7.73. The minimum Gasteiger partial charge on any atom is -0.355 e. The van der Waals surface area contributed by atoms with E-state index in [1.165, 1.54) is 0 Å². The van der Waals surface area contributed by atoms with Gasteiger partial charge in [0.2, 0.25) is 0 Å². The molecule has 3 aromatic heterocycles. The van der Waals surface area contributed by atoms with Gasteiger partial charge in [0.1, 0.15) is 11.5 Å². The van der Waals surface area contributed by atoms with Crippen LogP contribution in [0.5, 0.6) is 0 Å². The van der Waals surface area contributed by atoms with Gasteiger partial charge in [-0.1, -0.05) is 0 Å². The van der Waals surface area contributed by atoms with Crippen molar-refractivity contribution in [2.75, 3.05) is 18.0 Å². The van der Waals surface area contributed by atoms with Crippen molar-refractivity contribution >= 4 is 5.82 Å². The molecule has 1 fully saturated rings. The molecule has 7 nitrogen and oxygen atoms in total. The van der Waals surface area contributed by atoms with Crippen molar-refractivity contribution in [3.8, 4) is 11.5 Å². The van der Waals surface area contributed by atoms with E-state index in [-0.39, 0.29) is 0 Å². The highest BCUT2D eigenvalue weighted by Gasteiger charge is 2.22. The van der Waals surface area contributed by atoms with Crippen LogP contribution in [0.4, 0.5) is 5.82 Å². The molecule has 0 aliphatic carbocycles. The molecule has 4 heterocycles. The summed E-state index contributed by atoms with van der Waals surface area (Å²) in [5.41, 5.74) is 1.83. The van der Waals surface area contributed by atoms with E-state index in [1.807, 2.05) is 12.4 Å². The molecule has 0 aromatic carbocycles. The number of anilines is 1. The Morgan fingerprint density at radius 2 is 1.83 bits per heavy atom. The summed E-state index contributed by atoms with van der Waals surface area (Å²) >= 11 is 0. The van der Waals surface area contributed by atoms with Gasteiger partial charge in [0, 0.05) is 50.0 Å². The SMILES string of the molecule is c1cnc(N2CCC(c3cnc(-c4ncc[nH]4)cn3)CC2)cn1. The molecule has 1 aliphatic heterocycles. The minimum absolute atomic E-state index is 0.445. The normalized spacial score (nSPS) is 15.7. The van der Waals surface area contributed by atoms with E-state index in [1.54, 1.807) is 31.0 Å². The van der Waals surface area contributed by atoms with Gasteiger partial charge in [-0.3, -0.25) is 9.97 Å². The molecular formula is C16H17N7. The molecule has 1 N–H and O–H groups in total. The zero-order chi connectivity index (χ0) is 15.5. The lowest BCUT2D eigenvalue weighted by molar-refractivity contribution is 0.492. The number of imidazole rings is 1. The number of H-pyrrole nitrogens is 1. The summed E-state index contributed by atoms with van der Waals surface area (Å²) in [6, 6.07) is 0. The van der Waals surface area contributed by atoms with Gasteiger partial charge in [0.15, 0.2) is 5.82 Å². The van der Waals surface area contributed by atoms with Crippen LogP contribution in [0.1, 0.15) is 24.5 Å². The standard InChI is InChI=1S/C16H17N7/c1-7-23(15-11-17-3-4-18-15)8-2-12(1)13-9-22-14(10-21-13)16-19-5-6-20-16/h3-6,9-12H,1-2,7-8H2,(H,19,20). The number of aromatic nitrogens is 6. The van der Waals surface area contributed by atoms with Crippen LogP contribution in [0.25, 0.3) is 11.5 Å². The molecular weight excluding hydrogens is 290 g/mol. The predicted octanol–water partition coefficient (Wildman–Crippen LogP) is 2.04. The molecule has 1 aliphatic rings. The molecule has 0 unspecified atom stereocenters. The van der Waals surface area contributed by atoms with E-state index in [0.717, 1.165) is 49.0 Å². The second-order valence-electron chi connectivity index (χ2n) is 5.59. The summed E-state index contributed by atoms with van der Waals surface area (Å²) in [5.74, 6) is 2.15. The molecule has 0 radical (unpaired) electrons. The molecule has 4 rings (SSSR count). The Morgan fingerprint density at radius 3 is 2.48 bits per heavy atom. The van der Waals surface area contributed by atoms with Crippen molar-refractivity contribution in [2.24, 2.45) is 0 Å². The van der Waals surface area contributed by atoms with E-state index in [9.17, 15) is 0 Å². The van der Waals surface area contributed by atoms with Crippen LogP contribution in [-0.2, 0) is 0 Å². The smallest absolute Gasteiger partial charge is 0.157 e. The number of piperidine rings is 1. The van der Waals surface area contributed by atoms with Crippen molar-refractivity contribution in [2.45, 2.75) is 18.8 Å². The largest absolute Gasteiger partial charge is 0.355 e. The van der Waals surface area contributed by atoms with Crippen molar-refractivity contribution in [3.05, 3.63) is 49.1 Å². The van der Waals surface area contributed by atoms with E-state index >= 15 is 0 Å². The summed E-state index contributed by atoms with van der Waals surface area (Å²) in [5, 5.41) is 0. The zero-order valence-corrected chi connectivity index (χ0v) is 12.6. The highest BCUT2D eigenvalue weighted by molar-refractivity contribution is 5.46. The Labute approximate surface area is 133 Å². The fourth-order valence-corrected chi connectivity index (χ4v) is 2.94. The molecule has 3 aromatic rings. The maximum Gasteiger partial charge on any atom is 0.157 e. The first-order chi connectivity index (χ1) is 11.4. The number of nitrogens with one attached hydrogen (secondary N) is 1. The Hall–Kier alpha value is -2.83. The first-order valence-corrected chi connectivity index (χ1v) is 7.73. The fraction of sp³-hybridized carbons (Fsp3) is 0.312. The van der Waals surface area contributed by atoms with E-state index < -0.39 is 0 Å². The van der Waals surface area contributed by atoms with Gasteiger partial charge in [-0.15, -0.1) is 0 Å². The average molecular weight is 307 g/mol. The van der Waals surface area contributed by atoms with Crippen LogP contribution in [0.2, 0.25) is 0 Å². The Bertz CT molecular complexity index is 732. The molecule has 23 heavy (non-hydrogen) atoms. The number of hydrogen-bond acceptors (Lipinski definition) is 6. The summed E-state index contributed by atoms with van der Waals surface area (Å²) in [4.78, 5) is 27.1. The van der Waals surface area contributed by atoms with E-state index in [0.29, 0.717) is 5.92 Å². The number of nitrogens with zero attached hydrogens (tertiary/aromatic N) is 6. The average Bonchev–Trinajstić information content (AvgIpc) is 3.18. The highest BCUT2D eigenvalue weighted by Crippen LogP contribution is 2.28. The lowest BCUT2D eigenvalue weighted by atomic mass is 9.94. The lowest BCUT2D eigenvalue weighted by Gasteiger charge is -2.32. The van der Waals surface area contributed by atoms with Gasteiger partial charge in [-0.25, -0.2) is 15.0 Å². The molecule has 0 amide bonds. The van der Waals surface area contributed by atoms with Crippen molar-refractivity contribution < 1.29 is 0 Å². The van der Waals surface area contributed by atoms with Crippen LogP contribution in [-0.4, -0.2) is 43.0 Å². The van der Waals surface area contributed by atoms with Crippen LogP contribution in [0, 0.1) is 0 Å². The molecule has 0 atom stereocenters. The third-order valence-corrected chi connectivity index (χ3v) is 4.20. The third kappa shape index (κ3) is 2.90. The second-order valence-corrected chi connectivity index (χ2v) is 5.59. The molecule has 0 bridgehead atoms. The second kappa shape index (κ2) is 6.12. The molecule has 116 valence electrons. The maximum absolute atomic E-state index is 4.59. The Balaban J connectivity index is 1.42. The highest BCUT2D eigenvalue weighted by atomic mass is 15.2. The monoisotopic (exact) mass is 307 g/mol. The van der Waals surface area contributed by atoms with Crippen molar-refractivity contribution in [1.82, 2.24) is 29.9 Å². The molecule has 1 saturated heterocycles. The van der Waals surface area contributed by atoms with Gasteiger partial charge in [-0.2, -0.15) is 0 Å². The van der Waals surface area contributed by atoms with Gasteiger partial charge in [0.25, 0.3) is 0 Å². The van der Waals surface area contributed by atoms with Crippen molar-refractivity contribution in [1.29, 1.82) is 0 Å². The molecule has 0 saturated carbocycles. The van der Waals surface area contributed by atoms with Crippen molar-refractivity contribution in [3.63, 3.8) is 0 Å². The minimum atomic E-state index is 0.445. The third-order valence-electron chi connectivity index (χ3n) is 4.20. The molecule has 7 heteroatoms. The van der Waals surface area contributed by atoms with Crippen LogP contribution >= 0.6 is 0 Å². The summed E-state index contributed by atoms with van der Waals surface area (Å²) in [6.45, 7) is 1.93. The Morgan fingerprint density at radius 1 is 0.913 bits per heavy atom. The number of hydrogen-bond donors (Lipinski definition) is 1. The van der Waals surface area contributed by atoms with Crippen LogP contribution < -0.4 is 4.90 Å². The topological polar surface area (TPSA) is 83.5 Å².